The number of unbranched alkanes of at least 4 members (excludes halogenated alkanes) is 2. The number of nitrogens with zero attached hydrogens (tertiary/aromatic N) is 2. The first kappa shape index (κ1) is 23.8. The van der Waals surface area contributed by atoms with E-state index < -0.39 is 12.1 Å². The van der Waals surface area contributed by atoms with Gasteiger partial charge in [-0.3, -0.25) is 19.9 Å². The van der Waals surface area contributed by atoms with Crippen LogP contribution in [0.4, 0.5) is 5.69 Å². The molecule has 0 saturated carbocycles. The molecule has 1 amide bonds. The van der Waals surface area contributed by atoms with Crippen molar-refractivity contribution in [3.63, 3.8) is 0 Å². The van der Waals surface area contributed by atoms with Crippen molar-refractivity contribution in [1.29, 1.82) is 5.41 Å². The predicted molar refractivity (Wildman–Crippen MR) is 130 cm³/mol. The van der Waals surface area contributed by atoms with Crippen LogP contribution in [0.1, 0.15) is 55.8 Å². The Labute approximate surface area is 199 Å². The highest BCUT2D eigenvalue weighted by molar-refractivity contribution is 6.01. The summed E-state index contributed by atoms with van der Waals surface area (Å²) in [6.45, 7) is 2.17. The van der Waals surface area contributed by atoms with Gasteiger partial charge in [0.25, 0.3) is 5.91 Å². The van der Waals surface area contributed by atoms with E-state index >= 15 is 0 Å². The lowest BCUT2D eigenvalue weighted by Gasteiger charge is -2.35. The first-order valence-electron chi connectivity index (χ1n) is 11.9. The summed E-state index contributed by atoms with van der Waals surface area (Å²) in [6.07, 6.45) is 4.57. The van der Waals surface area contributed by atoms with Gasteiger partial charge in [0.1, 0.15) is 17.6 Å². The molecule has 2 aromatic carbocycles. The first-order chi connectivity index (χ1) is 16.5. The third kappa shape index (κ3) is 5.22. The Morgan fingerprint density at radius 3 is 2.68 bits per heavy atom. The maximum absolute atomic E-state index is 13.4. The lowest BCUT2D eigenvalue weighted by Crippen LogP contribution is -2.45. The van der Waals surface area contributed by atoms with Gasteiger partial charge in [-0.05, 0) is 57.0 Å². The number of nitrogens with two attached hydrogens (primary N) is 1. The molecule has 1 fully saturated rings. The zero-order valence-corrected chi connectivity index (χ0v) is 19.3. The lowest BCUT2D eigenvalue weighted by molar-refractivity contribution is -0.144. The maximum Gasteiger partial charge on any atom is 0.320 e. The Morgan fingerprint density at radius 1 is 1.09 bits per heavy atom. The third-order valence-electron chi connectivity index (χ3n) is 6.62. The lowest BCUT2D eigenvalue weighted by atomic mass is 10.0. The third-order valence-corrected chi connectivity index (χ3v) is 6.62. The van der Waals surface area contributed by atoms with Gasteiger partial charge in [0.15, 0.2) is 0 Å². The Bertz CT molecular complexity index is 1060. The van der Waals surface area contributed by atoms with Gasteiger partial charge in [-0.1, -0.05) is 43.2 Å². The minimum Gasteiger partial charge on any atom is -0.480 e. The number of ether oxygens (including phenoxy) is 1. The van der Waals surface area contributed by atoms with Crippen molar-refractivity contribution in [2.24, 2.45) is 5.73 Å². The largest absolute Gasteiger partial charge is 0.480 e. The number of benzene rings is 2. The second-order valence-corrected chi connectivity index (χ2v) is 8.94. The number of carbonyl (C=O) groups is 2. The zero-order valence-electron chi connectivity index (χ0n) is 19.3. The van der Waals surface area contributed by atoms with Crippen molar-refractivity contribution < 1.29 is 19.4 Å². The van der Waals surface area contributed by atoms with Crippen LogP contribution in [0.3, 0.4) is 0 Å². The highest BCUT2D eigenvalue weighted by Gasteiger charge is 2.35. The number of nitrogens with one attached hydrogen (secondary N) is 1. The van der Waals surface area contributed by atoms with Gasteiger partial charge in [-0.15, -0.1) is 0 Å². The summed E-state index contributed by atoms with van der Waals surface area (Å²) in [7, 11) is 0. The van der Waals surface area contributed by atoms with Crippen LogP contribution >= 0.6 is 0 Å². The molecular weight excluding hydrogens is 432 g/mol. The van der Waals surface area contributed by atoms with Gasteiger partial charge in [-0.2, -0.15) is 0 Å². The van der Waals surface area contributed by atoms with E-state index in [0.717, 1.165) is 57.3 Å². The van der Waals surface area contributed by atoms with Crippen LogP contribution < -0.4 is 15.4 Å². The maximum atomic E-state index is 13.4. The van der Waals surface area contributed by atoms with Crippen molar-refractivity contribution in [3.8, 4) is 5.75 Å². The molecule has 2 aliphatic heterocycles. The van der Waals surface area contributed by atoms with E-state index in [1.807, 2.05) is 30.3 Å². The summed E-state index contributed by atoms with van der Waals surface area (Å²) in [5.41, 5.74) is 7.61. The second kappa shape index (κ2) is 10.7. The van der Waals surface area contributed by atoms with Crippen LogP contribution in [0.15, 0.2) is 48.5 Å². The topological polar surface area (TPSA) is 120 Å². The van der Waals surface area contributed by atoms with E-state index in [1.54, 1.807) is 23.1 Å². The standard InChI is InChI=1S/C26H32N4O4/c27-24(28)19-10-8-9-18(17-19)23-25(31)30(20-11-2-3-13-22(20)34-23)16-6-1-5-14-29-15-7-4-12-21(29)26(32)33/h2-3,8-11,13,17,21,23H,1,4-7,12,14-16H2,(H3,27,28)(H,32,33). The van der Waals surface area contributed by atoms with Crippen molar-refractivity contribution in [1.82, 2.24) is 4.90 Å². The average molecular weight is 465 g/mol. The summed E-state index contributed by atoms with van der Waals surface area (Å²) in [6, 6.07) is 14.2. The van der Waals surface area contributed by atoms with Gasteiger partial charge in [0.2, 0.25) is 6.10 Å². The fraction of sp³-hybridized carbons (Fsp3) is 0.423. The summed E-state index contributed by atoms with van der Waals surface area (Å²) in [5.74, 6) is -0.268. The molecule has 0 bridgehead atoms. The Kier molecular flexibility index (Phi) is 7.47. The summed E-state index contributed by atoms with van der Waals surface area (Å²) in [5, 5.41) is 17.2. The number of anilines is 1. The number of hydrogen-bond donors (Lipinski definition) is 3. The predicted octanol–water partition coefficient (Wildman–Crippen LogP) is 3.55. The van der Waals surface area contributed by atoms with Gasteiger partial charge >= 0.3 is 5.97 Å². The molecule has 180 valence electrons. The average Bonchev–Trinajstić information content (AvgIpc) is 2.85. The fourth-order valence-electron chi connectivity index (χ4n) is 4.83. The van der Waals surface area contributed by atoms with Crippen LogP contribution in [-0.4, -0.2) is 53.4 Å². The van der Waals surface area contributed by atoms with Crippen LogP contribution in [0.2, 0.25) is 0 Å². The highest BCUT2D eigenvalue weighted by atomic mass is 16.5. The molecule has 8 nitrogen and oxygen atoms in total. The molecule has 2 heterocycles. The number of amides is 1. The Morgan fingerprint density at radius 2 is 1.88 bits per heavy atom. The van der Waals surface area contributed by atoms with Crippen molar-refractivity contribution in [2.45, 2.75) is 50.7 Å². The molecule has 0 aliphatic carbocycles. The van der Waals surface area contributed by atoms with E-state index in [2.05, 4.69) is 4.90 Å². The number of piperidine rings is 1. The molecule has 0 spiro atoms. The molecule has 2 unspecified atom stereocenters. The van der Waals surface area contributed by atoms with Gasteiger partial charge in [0, 0.05) is 17.7 Å². The SMILES string of the molecule is N=C(N)c1cccc(C2Oc3ccccc3N(CCCCCN3CCCCC3C(=O)O)C2=O)c1. The van der Waals surface area contributed by atoms with Crippen LogP contribution in [-0.2, 0) is 9.59 Å². The molecule has 0 radical (unpaired) electrons. The Hall–Kier alpha value is -3.39. The van der Waals surface area contributed by atoms with Crippen LogP contribution in [0.5, 0.6) is 5.75 Å². The molecule has 4 rings (SSSR count). The second-order valence-electron chi connectivity index (χ2n) is 8.94. The van der Waals surface area contributed by atoms with Crippen LogP contribution in [0, 0.1) is 5.41 Å². The fourth-order valence-corrected chi connectivity index (χ4v) is 4.83. The number of likely N-dealkylation sites (tertiary alicyclic amines) is 1. The number of fused-ring (bicyclic) bond motifs is 1. The molecule has 1 saturated heterocycles. The number of carbonyl (C=O) groups excluding carboxylic acids is 1. The monoisotopic (exact) mass is 464 g/mol. The molecule has 34 heavy (non-hydrogen) atoms. The number of aliphatic carboxylic acids is 1. The minimum absolute atomic E-state index is 0.0544. The highest BCUT2D eigenvalue weighted by Crippen LogP contribution is 2.39. The normalized spacial score (nSPS) is 20.5. The number of carboxylic acids is 1. The van der Waals surface area contributed by atoms with Gasteiger partial charge in [0.05, 0.1) is 5.69 Å². The molecule has 4 N–H and O–H groups in total. The number of nitrogen functional groups attached to an aromatic ring is 1. The molecule has 2 aliphatic rings. The number of amidine groups is 1. The number of rotatable bonds is 9. The number of hydrogen-bond acceptors (Lipinski definition) is 5. The molecule has 2 aromatic rings. The van der Waals surface area contributed by atoms with E-state index in [4.69, 9.17) is 15.9 Å². The van der Waals surface area contributed by atoms with E-state index in [1.165, 1.54) is 0 Å². The smallest absolute Gasteiger partial charge is 0.320 e. The summed E-state index contributed by atoms with van der Waals surface area (Å²) < 4.78 is 6.07. The van der Waals surface area contributed by atoms with E-state index in [0.29, 0.717) is 23.4 Å². The number of carboxylic acid groups (broad SMARTS) is 1. The number of para-hydroxylation sites is 2. The minimum atomic E-state index is -0.793. The van der Waals surface area contributed by atoms with Crippen molar-refractivity contribution >= 4 is 23.4 Å². The van der Waals surface area contributed by atoms with Gasteiger partial charge in [-0.25, -0.2) is 0 Å². The molecule has 8 heteroatoms. The Balaban J connectivity index is 1.40. The zero-order chi connectivity index (χ0) is 24.1. The summed E-state index contributed by atoms with van der Waals surface area (Å²) >= 11 is 0. The van der Waals surface area contributed by atoms with E-state index in [-0.39, 0.29) is 17.8 Å². The molecule has 0 aromatic heterocycles. The van der Waals surface area contributed by atoms with E-state index in [9.17, 15) is 14.7 Å². The van der Waals surface area contributed by atoms with Crippen molar-refractivity contribution in [2.75, 3.05) is 24.5 Å². The molecule has 2 atom stereocenters. The van der Waals surface area contributed by atoms with Gasteiger partial charge < -0.3 is 20.5 Å². The van der Waals surface area contributed by atoms with Crippen LogP contribution in [0.25, 0.3) is 0 Å². The summed E-state index contributed by atoms with van der Waals surface area (Å²) in [4.78, 5) is 28.8. The quantitative estimate of drug-likeness (QED) is 0.297. The molecular formula is C26H32N4O4. The first-order valence-corrected chi connectivity index (χ1v) is 11.9. The van der Waals surface area contributed by atoms with Crippen molar-refractivity contribution in [3.05, 3.63) is 59.7 Å².